The minimum Gasteiger partial charge on any atom is -0.493 e. The summed E-state index contributed by atoms with van der Waals surface area (Å²) < 4.78 is 11.1. The zero-order valence-corrected chi connectivity index (χ0v) is 12.7. The van der Waals surface area contributed by atoms with Crippen LogP contribution >= 0.6 is 0 Å². The molecule has 5 heteroatoms. The van der Waals surface area contributed by atoms with E-state index in [1.165, 1.54) is 0 Å². The molecule has 0 saturated carbocycles. The highest BCUT2D eigenvalue weighted by molar-refractivity contribution is 5.80. The van der Waals surface area contributed by atoms with Gasteiger partial charge in [-0.2, -0.15) is 0 Å². The molecule has 0 saturated heterocycles. The lowest BCUT2D eigenvalue weighted by molar-refractivity contribution is -0.127. The van der Waals surface area contributed by atoms with E-state index in [2.05, 4.69) is 10.6 Å². The number of nitrogens with one attached hydrogen (secondary N) is 2. The fourth-order valence-corrected chi connectivity index (χ4v) is 1.81. The van der Waals surface area contributed by atoms with Crippen LogP contribution in [0.4, 0.5) is 0 Å². The molecule has 1 aromatic rings. The number of carbonyl (C=O) groups is 1. The first-order chi connectivity index (χ1) is 9.63. The van der Waals surface area contributed by atoms with Gasteiger partial charge in [-0.25, -0.2) is 0 Å². The summed E-state index contributed by atoms with van der Waals surface area (Å²) in [5.41, 5.74) is 0.960. The van der Waals surface area contributed by atoms with Crippen molar-refractivity contribution in [3.63, 3.8) is 0 Å². The van der Waals surface area contributed by atoms with Crippen LogP contribution in [0.1, 0.15) is 25.8 Å². The maximum Gasteiger partial charge on any atom is 0.260 e. The molecule has 1 rings (SSSR count). The Bertz CT molecular complexity index is 435. The molecule has 0 heterocycles. The lowest BCUT2D eigenvalue weighted by Crippen LogP contribution is -2.37. The van der Waals surface area contributed by atoms with Crippen LogP contribution in [0, 0.1) is 0 Å². The van der Waals surface area contributed by atoms with E-state index in [1.807, 2.05) is 32.2 Å². The number of carbonyl (C=O) groups excluding carboxylic acids is 1. The summed E-state index contributed by atoms with van der Waals surface area (Å²) in [6, 6.07) is 5.68. The van der Waals surface area contributed by atoms with E-state index in [9.17, 15) is 4.79 Å². The Kier molecular flexibility index (Phi) is 6.87. The molecule has 0 aliphatic heterocycles. The number of amides is 1. The minimum atomic E-state index is -0.562. The Hall–Kier alpha value is -1.75. The normalized spacial score (nSPS) is 11.8. The number of benzene rings is 1. The molecular weight excluding hydrogens is 256 g/mol. The Morgan fingerprint density at radius 3 is 2.75 bits per heavy atom. The summed E-state index contributed by atoms with van der Waals surface area (Å²) in [4.78, 5) is 11.9. The molecule has 1 atom stereocenters. The van der Waals surface area contributed by atoms with Crippen molar-refractivity contribution < 1.29 is 14.3 Å². The monoisotopic (exact) mass is 280 g/mol. The van der Waals surface area contributed by atoms with Crippen LogP contribution in [0.25, 0.3) is 0 Å². The second-order valence-electron chi connectivity index (χ2n) is 4.53. The van der Waals surface area contributed by atoms with Crippen molar-refractivity contribution in [3.05, 3.63) is 23.8 Å². The molecular formula is C15H24N2O3. The van der Waals surface area contributed by atoms with Gasteiger partial charge in [0.2, 0.25) is 0 Å². The fraction of sp³-hybridized carbons (Fsp3) is 0.533. The van der Waals surface area contributed by atoms with Crippen molar-refractivity contribution in [3.8, 4) is 11.5 Å². The molecule has 0 aromatic heterocycles. The number of hydrogen-bond donors (Lipinski definition) is 2. The van der Waals surface area contributed by atoms with Crippen molar-refractivity contribution >= 4 is 5.91 Å². The predicted molar refractivity (Wildman–Crippen MR) is 79.1 cm³/mol. The highest BCUT2D eigenvalue weighted by Gasteiger charge is 2.18. The van der Waals surface area contributed by atoms with Crippen LogP contribution in [0.2, 0.25) is 0 Å². The van der Waals surface area contributed by atoms with Crippen LogP contribution < -0.4 is 20.1 Å². The molecule has 20 heavy (non-hydrogen) atoms. The van der Waals surface area contributed by atoms with Crippen LogP contribution in [0.3, 0.4) is 0 Å². The average Bonchev–Trinajstić information content (AvgIpc) is 2.46. The van der Waals surface area contributed by atoms with Gasteiger partial charge in [0, 0.05) is 18.7 Å². The van der Waals surface area contributed by atoms with Gasteiger partial charge in [0.15, 0.2) is 17.6 Å². The first-order valence-electron chi connectivity index (χ1n) is 6.88. The van der Waals surface area contributed by atoms with E-state index in [4.69, 9.17) is 9.47 Å². The van der Waals surface area contributed by atoms with Gasteiger partial charge < -0.3 is 20.1 Å². The highest BCUT2D eigenvalue weighted by Crippen LogP contribution is 2.31. The third kappa shape index (κ3) is 4.42. The standard InChI is InChI=1S/C15H24N2O3/c1-5-9-17-15(18)11(2)20-14-12(10-16-3)7-6-8-13(14)19-4/h6-8,11,16H,5,9-10H2,1-4H3,(H,17,18). The Morgan fingerprint density at radius 1 is 1.40 bits per heavy atom. The van der Waals surface area contributed by atoms with Crippen molar-refractivity contribution in [2.24, 2.45) is 0 Å². The topological polar surface area (TPSA) is 59.6 Å². The zero-order valence-electron chi connectivity index (χ0n) is 12.7. The predicted octanol–water partition coefficient (Wildman–Crippen LogP) is 1.71. The van der Waals surface area contributed by atoms with Crippen molar-refractivity contribution in [1.29, 1.82) is 0 Å². The molecule has 2 N–H and O–H groups in total. The molecule has 1 amide bonds. The number of rotatable bonds is 8. The first-order valence-corrected chi connectivity index (χ1v) is 6.88. The van der Waals surface area contributed by atoms with Crippen LogP contribution in [-0.2, 0) is 11.3 Å². The second-order valence-corrected chi connectivity index (χ2v) is 4.53. The highest BCUT2D eigenvalue weighted by atomic mass is 16.5. The lowest BCUT2D eigenvalue weighted by atomic mass is 10.2. The zero-order chi connectivity index (χ0) is 15.0. The molecule has 0 bridgehead atoms. The van der Waals surface area contributed by atoms with Gasteiger partial charge in [0.1, 0.15) is 0 Å². The second kappa shape index (κ2) is 8.43. The fourth-order valence-electron chi connectivity index (χ4n) is 1.81. The van der Waals surface area contributed by atoms with E-state index in [1.54, 1.807) is 14.0 Å². The summed E-state index contributed by atoms with van der Waals surface area (Å²) in [5, 5.41) is 5.90. The van der Waals surface area contributed by atoms with E-state index in [-0.39, 0.29) is 5.91 Å². The van der Waals surface area contributed by atoms with Crippen LogP contribution in [0.5, 0.6) is 11.5 Å². The summed E-state index contributed by atoms with van der Waals surface area (Å²) in [7, 11) is 3.45. The maximum absolute atomic E-state index is 11.9. The molecule has 1 aromatic carbocycles. The molecule has 0 aliphatic carbocycles. The SMILES string of the molecule is CCCNC(=O)C(C)Oc1c(CNC)cccc1OC. The van der Waals surface area contributed by atoms with E-state index in [0.717, 1.165) is 12.0 Å². The molecule has 1 unspecified atom stereocenters. The van der Waals surface area contributed by atoms with Crippen molar-refractivity contribution in [1.82, 2.24) is 10.6 Å². The average molecular weight is 280 g/mol. The third-order valence-corrected chi connectivity index (χ3v) is 2.86. The smallest absolute Gasteiger partial charge is 0.260 e. The molecule has 5 nitrogen and oxygen atoms in total. The van der Waals surface area contributed by atoms with Gasteiger partial charge >= 0.3 is 0 Å². The number of ether oxygens (including phenoxy) is 2. The summed E-state index contributed by atoms with van der Waals surface area (Å²) in [6.07, 6.45) is 0.339. The van der Waals surface area contributed by atoms with E-state index < -0.39 is 6.10 Å². The molecule has 0 fully saturated rings. The lowest BCUT2D eigenvalue weighted by Gasteiger charge is -2.19. The Morgan fingerprint density at radius 2 is 2.15 bits per heavy atom. The van der Waals surface area contributed by atoms with Gasteiger partial charge in [-0.1, -0.05) is 19.1 Å². The minimum absolute atomic E-state index is 0.117. The summed E-state index contributed by atoms with van der Waals surface area (Å²) in [5.74, 6) is 1.13. The van der Waals surface area contributed by atoms with Gasteiger partial charge in [-0.3, -0.25) is 4.79 Å². The Balaban J connectivity index is 2.86. The van der Waals surface area contributed by atoms with Gasteiger partial charge in [0.05, 0.1) is 7.11 Å². The van der Waals surface area contributed by atoms with E-state index in [0.29, 0.717) is 24.6 Å². The quantitative estimate of drug-likeness (QED) is 0.761. The largest absolute Gasteiger partial charge is 0.493 e. The first kappa shape index (κ1) is 16.3. The van der Waals surface area contributed by atoms with Crippen molar-refractivity contribution in [2.75, 3.05) is 20.7 Å². The van der Waals surface area contributed by atoms with Crippen molar-refractivity contribution in [2.45, 2.75) is 32.9 Å². The Labute approximate surface area is 120 Å². The van der Waals surface area contributed by atoms with Crippen LogP contribution in [0.15, 0.2) is 18.2 Å². The molecule has 112 valence electrons. The number of para-hydroxylation sites is 1. The molecule has 0 radical (unpaired) electrons. The molecule has 0 aliphatic rings. The molecule has 0 spiro atoms. The van der Waals surface area contributed by atoms with Gasteiger partial charge in [0.25, 0.3) is 5.91 Å². The summed E-state index contributed by atoms with van der Waals surface area (Å²) in [6.45, 7) is 5.05. The number of hydrogen-bond acceptors (Lipinski definition) is 4. The van der Waals surface area contributed by atoms with Gasteiger partial charge in [-0.15, -0.1) is 0 Å². The van der Waals surface area contributed by atoms with E-state index >= 15 is 0 Å². The van der Waals surface area contributed by atoms with Gasteiger partial charge in [-0.05, 0) is 26.5 Å². The maximum atomic E-state index is 11.9. The van der Waals surface area contributed by atoms with Crippen LogP contribution in [-0.4, -0.2) is 32.7 Å². The number of methoxy groups -OCH3 is 1. The summed E-state index contributed by atoms with van der Waals surface area (Å²) >= 11 is 0. The third-order valence-electron chi connectivity index (χ3n) is 2.86.